The summed E-state index contributed by atoms with van der Waals surface area (Å²) in [5.74, 6) is -1.85. The molecule has 106 valence electrons. The second-order valence-corrected chi connectivity index (χ2v) is 4.80. The summed E-state index contributed by atoms with van der Waals surface area (Å²) >= 11 is 0. The molecule has 0 bridgehead atoms. The van der Waals surface area contributed by atoms with Gasteiger partial charge >= 0.3 is 0 Å². The minimum Gasteiger partial charge on any atom is -0.294 e. The minimum absolute atomic E-state index is 0.0283. The molecule has 0 saturated carbocycles. The van der Waals surface area contributed by atoms with Crippen molar-refractivity contribution < 1.29 is 13.6 Å². The van der Waals surface area contributed by atoms with E-state index in [1.54, 1.807) is 10.7 Å². The second-order valence-electron chi connectivity index (χ2n) is 4.80. The fourth-order valence-corrected chi connectivity index (χ4v) is 1.89. The van der Waals surface area contributed by atoms with Gasteiger partial charge in [-0.3, -0.25) is 9.48 Å². The first-order chi connectivity index (χ1) is 9.49. The highest BCUT2D eigenvalue weighted by Gasteiger charge is 2.13. The second kappa shape index (κ2) is 5.94. The van der Waals surface area contributed by atoms with Crippen molar-refractivity contribution in [2.24, 2.45) is 0 Å². The number of rotatable bonds is 5. The Morgan fingerprint density at radius 1 is 1.30 bits per heavy atom. The Hall–Kier alpha value is -2.04. The van der Waals surface area contributed by atoms with Crippen molar-refractivity contribution in [3.63, 3.8) is 0 Å². The van der Waals surface area contributed by atoms with Gasteiger partial charge in [-0.15, -0.1) is 0 Å². The van der Waals surface area contributed by atoms with Crippen LogP contribution in [-0.2, 0) is 6.42 Å². The van der Waals surface area contributed by atoms with Gasteiger partial charge < -0.3 is 0 Å². The molecule has 1 atom stereocenters. The average molecular weight is 278 g/mol. The van der Waals surface area contributed by atoms with Gasteiger partial charge in [0, 0.05) is 23.9 Å². The van der Waals surface area contributed by atoms with Crippen molar-refractivity contribution in [3.8, 4) is 0 Å². The summed E-state index contributed by atoms with van der Waals surface area (Å²) in [6, 6.07) is 4.83. The Kier molecular flexibility index (Phi) is 4.27. The molecule has 1 heterocycles. The number of carbonyl (C=O) groups is 1. The lowest BCUT2D eigenvalue weighted by Crippen LogP contribution is -2.08. The topological polar surface area (TPSA) is 34.9 Å². The Morgan fingerprint density at radius 2 is 1.95 bits per heavy atom. The molecule has 2 rings (SSSR count). The van der Waals surface area contributed by atoms with Gasteiger partial charge in [0.05, 0.1) is 12.1 Å². The first kappa shape index (κ1) is 14.4. The largest absolute Gasteiger partial charge is 0.294 e. The molecule has 0 aliphatic rings. The zero-order chi connectivity index (χ0) is 14.7. The van der Waals surface area contributed by atoms with Gasteiger partial charge in [0.25, 0.3) is 0 Å². The van der Waals surface area contributed by atoms with E-state index in [0.29, 0.717) is 5.69 Å². The van der Waals surface area contributed by atoms with E-state index in [2.05, 4.69) is 5.10 Å². The first-order valence-corrected chi connectivity index (χ1v) is 6.53. The van der Waals surface area contributed by atoms with Crippen molar-refractivity contribution in [1.29, 1.82) is 0 Å². The molecule has 5 heteroatoms. The van der Waals surface area contributed by atoms with Crippen molar-refractivity contribution in [2.45, 2.75) is 32.7 Å². The third-order valence-electron chi connectivity index (χ3n) is 3.23. The van der Waals surface area contributed by atoms with Crippen molar-refractivity contribution >= 4 is 5.78 Å². The average Bonchev–Trinajstić information content (AvgIpc) is 2.85. The Morgan fingerprint density at radius 3 is 2.55 bits per heavy atom. The van der Waals surface area contributed by atoms with E-state index in [0.717, 1.165) is 24.6 Å². The van der Waals surface area contributed by atoms with Crippen LogP contribution in [0, 0.1) is 11.6 Å². The number of ketones is 1. The number of hydrogen-bond donors (Lipinski definition) is 0. The maximum absolute atomic E-state index is 13.1. The molecule has 2 aromatic rings. The van der Waals surface area contributed by atoms with E-state index >= 15 is 0 Å². The van der Waals surface area contributed by atoms with Crippen LogP contribution in [-0.4, -0.2) is 15.6 Å². The number of nitrogens with zero attached hydrogens (tertiary/aromatic N) is 2. The van der Waals surface area contributed by atoms with Gasteiger partial charge in [-0.2, -0.15) is 5.10 Å². The van der Waals surface area contributed by atoms with E-state index in [1.807, 2.05) is 20.0 Å². The molecule has 0 fully saturated rings. The van der Waals surface area contributed by atoms with Crippen LogP contribution in [0.25, 0.3) is 0 Å². The molecule has 0 saturated heterocycles. The van der Waals surface area contributed by atoms with Gasteiger partial charge in [-0.05, 0) is 31.5 Å². The normalized spacial score (nSPS) is 12.4. The van der Waals surface area contributed by atoms with Gasteiger partial charge in [0.15, 0.2) is 5.78 Å². The molecule has 1 aromatic carbocycles. The highest BCUT2D eigenvalue weighted by molar-refractivity contribution is 5.97. The Labute approximate surface area is 116 Å². The van der Waals surface area contributed by atoms with Crippen molar-refractivity contribution in [2.75, 3.05) is 0 Å². The van der Waals surface area contributed by atoms with Crippen molar-refractivity contribution in [1.82, 2.24) is 9.78 Å². The maximum atomic E-state index is 13.1. The summed E-state index contributed by atoms with van der Waals surface area (Å²) in [7, 11) is 0. The number of benzene rings is 1. The summed E-state index contributed by atoms with van der Waals surface area (Å²) in [4.78, 5) is 12.0. The molecule has 0 aliphatic heterocycles. The predicted molar refractivity (Wildman–Crippen MR) is 71.6 cm³/mol. The summed E-state index contributed by atoms with van der Waals surface area (Å²) in [6.45, 7) is 4.08. The third-order valence-corrected chi connectivity index (χ3v) is 3.23. The number of Topliss-reactive ketones (excluding diaryl/α,β-unsaturated/α-hetero) is 1. The summed E-state index contributed by atoms with van der Waals surface area (Å²) in [6.07, 6.45) is 2.78. The van der Waals surface area contributed by atoms with Gasteiger partial charge in [-0.1, -0.05) is 6.92 Å². The molecule has 0 radical (unpaired) electrons. The van der Waals surface area contributed by atoms with Crippen LogP contribution in [0.2, 0.25) is 0 Å². The van der Waals surface area contributed by atoms with E-state index < -0.39 is 11.6 Å². The minimum atomic E-state index is -0.751. The Bertz CT molecular complexity index is 602. The van der Waals surface area contributed by atoms with Crippen LogP contribution in [0.4, 0.5) is 8.78 Å². The quantitative estimate of drug-likeness (QED) is 0.784. The first-order valence-electron chi connectivity index (χ1n) is 6.53. The molecule has 0 N–H and O–H groups in total. The molecular formula is C15H16F2N2O. The lowest BCUT2D eigenvalue weighted by molar-refractivity contribution is 0.0990. The van der Waals surface area contributed by atoms with Crippen LogP contribution < -0.4 is 0 Å². The predicted octanol–water partition coefficient (Wildman–Crippen LogP) is 3.56. The fraction of sp³-hybridized carbons (Fsp3) is 0.333. The molecule has 1 aromatic heterocycles. The maximum Gasteiger partial charge on any atom is 0.169 e. The number of aromatic nitrogens is 2. The molecule has 0 aliphatic carbocycles. The number of hydrogen-bond acceptors (Lipinski definition) is 2. The summed E-state index contributed by atoms with van der Waals surface area (Å²) in [5, 5.41) is 4.30. The summed E-state index contributed by atoms with van der Waals surface area (Å²) in [5.41, 5.74) is 0.626. The zero-order valence-corrected chi connectivity index (χ0v) is 11.4. The number of carbonyl (C=O) groups excluding carboxylic acids is 1. The van der Waals surface area contributed by atoms with Crippen LogP contribution in [0.15, 0.2) is 30.5 Å². The fourth-order valence-electron chi connectivity index (χ4n) is 1.89. The lowest BCUT2D eigenvalue weighted by atomic mass is 10.1. The third kappa shape index (κ3) is 3.29. The van der Waals surface area contributed by atoms with E-state index in [1.165, 1.54) is 0 Å². The van der Waals surface area contributed by atoms with Crippen LogP contribution in [0.1, 0.15) is 42.4 Å². The van der Waals surface area contributed by atoms with Crippen LogP contribution in [0.3, 0.4) is 0 Å². The van der Waals surface area contributed by atoms with E-state index in [9.17, 15) is 13.6 Å². The van der Waals surface area contributed by atoms with Crippen LogP contribution >= 0.6 is 0 Å². The van der Waals surface area contributed by atoms with E-state index in [-0.39, 0.29) is 23.8 Å². The standard InChI is InChI=1S/C15H16F2N2O/c1-3-10(2)19-5-4-14(18-19)9-15(20)11-6-12(16)8-13(17)7-11/h4-8,10H,3,9H2,1-2H3. The monoisotopic (exact) mass is 278 g/mol. The number of halogens is 2. The molecule has 3 nitrogen and oxygen atoms in total. The molecular weight excluding hydrogens is 262 g/mol. The van der Waals surface area contributed by atoms with Crippen molar-refractivity contribution in [3.05, 3.63) is 53.4 Å². The Balaban J connectivity index is 2.13. The summed E-state index contributed by atoms with van der Waals surface area (Å²) < 4.78 is 27.9. The SMILES string of the molecule is CCC(C)n1ccc(CC(=O)c2cc(F)cc(F)c2)n1. The molecule has 0 amide bonds. The highest BCUT2D eigenvalue weighted by atomic mass is 19.1. The zero-order valence-electron chi connectivity index (χ0n) is 11.4. The molecule has 1 unspecified atom stereocenters. The molecule has 20 heavy (non-hydrogen) atoms. The van der Waals surface area contributed by atoms with Gasteiger partial charge in [0.2, 0.25) is 0 Å². The van der Waals surface area contributed by atoms with E-state index in [4.69, 9.17) is 0 Å². The van der Waals surface area contributed by atoms with Gasteiger partial charge in [-0.25, -0.2) is 8.78 Å². The molecule has 0 spiro atoms. The smallest absolute Gasteiger partial charge is 0.169 e. The lowest BCUT2D eigenvalue weighted by Gasteiger charge is -2.08. The highest BCUT2D eigenvalue weighted by Crippen LogP contribution is 2.13. The van der Waals surface area contributed by atoms with Crippen LogP contribution in [0.5, 0.6) is 0 Å². The van der Waals surface area contributed by atoms with Gasteiger partial charge in [0.1, 0.15) is 11.6 Å².